The summed E-state index contributed by atoms with van der Waals surface area (Å²) < 4.78 is 20.6. The molecule has 0 N–H and O–H groups in total. The lowest BCUT2D eigenvalue weighted by Crippen LogP contribution is -2.63. The molecule has 4 aliphatic rings. The number of halogens is 1. The Bertz CT molecular complexity index is 412. The van der Waals surface area contributed by atoms with Gasteiger partial charge in [-0.1, -0.05) is 13.5 Å². The Morgan fingerprint density at radius 1 is 1.32 bits per heavy atom. The minimum absolute atomic E-state index is 0.206. The van der Waals surface area contributed by atoms with Crippen LogP contribution in [0.4, 0.5) is 4.39 Å². The molecule has 0 aliphatic heterocycles. The summed E-state index contributed by atoms with van der Waals surface area (Å²) in [6.45, 7) is 7.42. The Morgan fingerprint density at radius 3 is 2.32 bits per heavy atom. The molecule has 2 unspecified atom stereocenters. The molecule has 0 aromatic carbocycles. The summed E-state index contributed by atoms with van der Waals surface area (Å²) in [4.78, 5) is 12.0. The molecule has 4 aliphatic carbocycles. The topological polar surface area (TPSA) is 26.3 Å². The van der Waals surface area contributed by atoms with Crippen molar-refractivity contribution >= 4 is 5.97 Å². The highest BCUT2D eigenvalue weighted by atomic mass is 19.1. The maximum atomic E-state index is 14.7. The molecule has 0 radical (unpaired) electrons. The smallest absolute Gasteiger partial charge is 0.333 e. The van der Waals surface area contributed by atoms with E-state index in [1.165, 1.54) is 0 Å². The van der Waals surface area contributed by atoms with Crippen LogP contribution in [0.3, 0.4) is 0 Å². The summed E-state index contributed by atoms with van der Waals surface area (Å²) in [6, 6.07) is 0. The fourth-order valence-corrected chi connectivity index (χ4v) is 5.04. The lowest BCUT2D eigenvalue weighted by molar-refractivity contribution is -0.226. The summed E-state index contributed by atoms with van der Waals surface area (Å²) in [7, 11) is 0. The normalized spacial score (nSPS) is 47.2. The minimum Gasteiger partial charge on any atom is -0.455 e. The SMILES string of the molecule is C=C(C)C(=O)OC1(CC)C2CC3CC1CC(F)(C3)C2. The zero-order valence-electron chi connectivity index (χ0n) is 11.9. The van der Waals surface area contributed by atoms with E-state index in [-0.39, 0.29) is 17.8 Å². The van der Waals surface area contributed by atoms with Gasteiger partial charge in [-0.05, 0) is 51.4 Å². The van der Waals surface area contributed by atoms with Gasteiger partial charge in [0.1, 0.15) is 11.3 Å². The van der Waals surface area contributed by atoms with Crippen molar-refractivity contribution in [3.63, 3.8) is 0 Å². The zero-order chi connectivity index (χ0) is 13.8. The quantitative estimate of drug-likeness (QED) is 0.573. The molecule has 106 valence electrons. The molecule has 4 bridgehead atoms. The van der Waals surface area contributed by atoms with Gasteiger partial charge in [0.05, 0.1) is 0 Å². The first-order chi connectivity index (χ1) is 8.88. The Hall–Kier alpha value is -0.860. The Kier molecular flexibility index (Phi) is 2.81. The second kappa shape index (κ2) is 4.07. The third-order valence-electron chi connectivity index (χ3n) is 5.68. The van der Waals surface area contributed by atoms with Crippen molar-refractivity contribution in [1.82, 2.24) is 0 Å². The van der Waals surface area contributed by atoms with Gasteiger partial charge in [0.2, 0.25) is 0 Å². The average molecular weight is 266 g/mol. The van der Waals surface area contributed by atoms with E-state index >= 15 is 0 Å². The third kappa shape index (κ3) is 1.85. The van der Waals surface area contributed by atoms with Crippen LogP contribution in [0.5, 0.6) is 0 Å². The van der Waals surface area contributed by atoms with E-state index in [1.807, 2.05) is 0 Å². The fraction of sp³-hybridized carbons (Fsp3) is 0.812. The van der Waals surface area contributed by atoms with Crippen LogP contribution in [0.25, 0.3) is 0 Å². The summed E-state index contributed by atoms with van der Waals surface area (Å²) in [6.07, 6.45) is 4.74. The number of ether oxygens (including phenoxy) is 1. The van der Waals surface area contributed by atoms with Gasteiger partial charge in [-0.2, -0.15) is 0 Å². The van der Waals surface area contributed by atoms with Gasteiger partial charge in [-0.25, -0.2) is 9.18 Å². The molecular formula is C16H23FO2. The van der Waals surface area contributed by atoms with Gasteiger partial charge >= 0.3 is 5.97 Å². The van der Waals surface area contributed by atoms with Crippen LogP contribution < -0.4 is 0 Å². The second-order valence-corrected chi connectivity index (χ2v) is 6.97. The summed E-state index contributed by atoms with van der Waals surface area (Å²) >= 11 is 0. The number of carbonyl (C=O) groups excluding carboxylic acids is 1. The van der Waals surface area contributed by atoms with E-state index < -0.39 is 11.3 Å². The Balaban J connectivity index is 1.90. The highest BCUT2D eigenvalue weighted by molar-refractivity contribution is 5.87. The number of hydrogen-bond donors (Lipinski definition) is 0. The van der Waals surface area contributed by atoms with Crippen molar-refractivity contribution in [3.8, 4) is 0 Å². The first-order valence-electron chi connectivity index (χ1n) is 7.46. The largest absolute Gasteiger partial charge is 0.455 e. The average Bonchev–Trinajstić information content (AvgIpc) is 2.31. The summed E-state index contributed by atoms with van der Waals surface area (Å²) in [5, 5.41) is 0. The van der Waals surface area contributed by atoms with Crippen molar-refractivity contribution in [2.45, 2.75) is 63.6 Å². The van der Waals surface area contributed by atoms with Gasteiger partial charge in [0, 0.05) is 17.4 Å². The van der Waals surface area contributed by atoms with Crippen LogP contribution in [0, 0.1) is 17.8 Å². The lowest BCUT2D eigenvalue weighted by atomic mass is 9.48. The molecule has 19 heavy (non-hydrogen) atoms. The third-order valence-corrected chi connectivity index (χ3v) is 5.68. The van der Waals surface area contributed by atoms with Crippen molar-refractivity contribution < 1.29 is 13.9 Å². The zero-order valence-corrected chi connectivity index (χ0v) is 11.9. The van der Waals surface area contributed by atoms with Gasteiger partial charge in [-0.3, -0.25) is 0 Å². The molecule has 0 amide bonds. The lowest BCUT2D eigenvalue weighted by Gasteiger charge is -2.61. The highest BCUT2D eigenvalue weighted by Gasteiger charge is 2.63. The molecule has 4 fully saturated rings. The summed E-state index contributed by atoms with van der Waals surface area (Å²) in [5.74, 6) is 0.613. The van der Waals surface area contributed by atoms with Crippen molar-refractivity contribution in [2.24, 2.45) is 17.8 Å². The maximum Gasteiger partial charge on any atom is 0.333 e. The number of carbonyl (C=O) groups is 1. The molecule has 4 saturated carbocycles. The first kappa shape index (κ1) is 13.1. The molecule has 2 atom stereocenters. The van der Waals surface area contributed by atoms with Gasteiger partial charge in [0.25, 0.3) is 0 Å². The van der Waals surface area contributed by atoms with Gasteiger partial charge < -0.3 is 4.74 Å². The predicted molar refractivity (Wildman–Crippen MR) is 71.3 cm³/mol. The monoisotopic (exact) mass is 266 g/mol. The highest BCUT2D eigenvalue weighted by Crippen LogP contribution is 2.63. The van der Waals surface area contributed by atoms with Gasteiger partial charge in [0.15, 0.2) is 0 Å². The van der Waals surface area contributed by atoms with E-state index in [2.05, 4.69) is 13.5 Å². The molecule has 0 aromatic heterocycles. The van der Waals surface area contributed by atoms with Crippen molar-refractivity contribution in [3.05, 3.63) is 12.2 Å². The number of esters is 1. The van der Waals surface area contributed by atoms with E-state index in [9.17, 15) is 9.18 Å². The minimum atomic E-state index is -0.981. The fourth-order valence-electron chi connectivity index (χ4n) is 5.04. The van der Waals surface area contributed by atoms with Crippen molar-refractivity contribution in [1.29, 1.82) is 0 Å². The number of alkyl halides is 1. The number of hydrogen-bond acceptors (Lipinski definition) is 2. The molecule has 0 heterocycles. The van der Waals surface area contributed by atoms with Crippen LogP contribution in [0.2, 0.25) is 0 Å². The number of rotatable bonds is 3. The molecular weight excluding hydrogens is 243 g/mol. The van der Waals surface area contributed by atoms with Crippen LogP contribution in [-0.2, 0) is 9.53 Å². The van der Waals surface area contributed by atoms with E-state index in [1.54, 1.807) is 6.92 Å². The molecule has 4 rings (SSSR count). The van der Waals surface area contributed by atoms with Crippen LogP contribution >= 0.6 is 0 Å². The standard InChI is InChI=1S/C16H23FO2/c1-4-16(19-14(18)10(2)3)12-5-11-6-13(16)9-15(17,7-11)8-12/h11-13H,2,4-9H2,1,3H3. The van der Waals surface area contributed by atoms with Crippen LogP contribution in [0.1, 0.15) is 52.4 Å². The second-order valence-electron chi connectivity index (χ2n) is 6.97. The maximum absolute atomic E-state index is 14.7. The van der Waals surface area contributed by atoms with Crippen molar-refractivity contribution in [2.75, 3.05) is 0 Å². The molecule has 2 nitrogen and oxygen atoms in total. The predicted octanol–water partition coefficient (Wildman–Crippen LogP) is 3.80. The van der Waals surface area contributed by atoms with Crippen LogP contribution in [-0.4, -0.2) is 17.2 Å². The molecule has 0 saturated heterocycles. The van der Waals surface area contributed by atoms with E-state index in [0.29, 0.717) is 24.3 Å². The Morgan fingerprint density at radius 2 is 1.89 bits per heavy atom. The van der Waals surface area contributed by atoms with E-state index in [0.717, 1.165) is 25.7 Å². The summed E-state index contributed by atoms with van der Waals surface area (Å²) in [5.41, 5.74) is -0.968. The first-order valence-corrected chi connectivity index (χ1v) is 7.46. The van der Waals surface area contributed by atoms with Gasteiger partial charge in [-0.15, -0.1) is 0 Å². The molecule has 0 spiro atoms. The molecule has 0 aromatic rings. The Labute approximate surface area is 114 Å². The van der Waals surface area contributed by atoms with E-state index in [4.69, 9.17) is 4.74 Å². The molecule has 3 heteroatoms. The van der Waals surface area contributed by atoms with Crippen LogP contribution in [0.15, 0.2) is 12.2 Å².